The van der Waals surface area contributed by atoms with E-state index in [-0.39, 0.29) is 5.56 Å². The van der Waals surface area contributed by atoms with Crippen LogP contribution in [-0.4, -0.2) is 4.98 Å². The van der Waals surface area contributed by atoms with Gasteiger partial charge in [0.15, 0.2) is 0 Å². The van der Waals surface area contributed by atoms with Gasteiger partial charge in [0.25, 0.3) is 5.56 Å². The fourth-order valence-corrected chi connectivity index (χ4v) is 2.25. The standard InChI is InChI=1S/C12H11NOS/c1-8(10-6-4-3-5-7-10)11-12(14)13-9(2)15-11/h3-7H,2H2,1H3,(H,13,14)/b11-8-. The van der Waals surface area contributed by atoms with Crippen molar-refractivity contribution in [2.24, 2.45) is 0 Å². The molecule has 0 fully saturated rings. The molecular weight excluding hydrogens is 206 g/mol. The zero-order valence-electron chi connectivity index (χ0n) is 8.41. The number of benzene rings is 1. The largest absolute Gasteiger partial charge is 0.313 e. The van der Waals surface area contributed by atoms with Crippen molar-refractivity contribution in [2.75, 3.05) is 0 Å². The van der Waals surface area contributed by atoms with E-state index in [2.05, 4.69) is 11.6 Å². The van der Waals surface area contributed by atoms with Gasteiger partial charge in [0.05, 0.1) is 9.20 Å². The van der Waals surface area contributed by atoms with E-state index < -0.39 is 0 Å². The average molecular weight is 217 g/mol. The molecule has 0 aliphatic carbocycles. The smallest absolute Gasteiger partial charge is 0.266 e. The quantitative estimate of drug-likeness (QED) is 0.761. The Hall–Kier alpha value is -1.61. The number of rotatable bonds is 1. The van der Waals surface area contributed by atoms with E-state index in [0.29, 0.717) is 4.66 Å². The Kier molecular flexibility index (Phi) is 2.56. The van der Waals surface area contributed by atoms with Crippen LogP contribution < -0.4 is 14.8 Å². The molecule has 0 bridgehead atoms. The number of H-pyrrole nitrogens is 1. The maximum absolute atomic E-state index is 11.5. The van der Waals surface area contributed by atoms with Gasteiger partial charge >= 0.3 is 0 Å². The van der Waals surface area contributed by atoms with E-state index >= 15 is 0 Å². The van der Waals surface area contributed by atoms with Crippen molar-refractivity contribution in [1.29, 1.82) is 0 Å². The van der Waals surface area contributed by atoms with Gasteiger partial charge in [0, 0.05) is 0 Å². The molecule has 3 heteroatoms. The molecule has 0 aliphatic rings. The second kappa shape index (κ2) is 3.87. The lowest BCUT2D eigenvalue weighted by molar-refractivity contribution is 1.25. The monoisotopic (exact) mass is 217 g/mol. The van der Waals surface area contributed by atoms with Crippen LogP contribution in [0.3, 0.4) is 0 Å². The number of nitrogens with one attached hydrogen (secondary N) is 1. The molecule has 1 heterocycles. The number of hydrogen-bond acceptors (Lipinski definition) is 2. The summed E-state index contributed by atoms with van der Waals surface area (Å²) in [5.74, 6) is 0. The number of aromatic nitrogens is 1. The van der Waals surface area contributed by atoms with Gasteiger partial charge in [-0.1, -0.05) is 36.9 Å². The fourth-order valence-electron chi connectivity index (χ4n) is 1.44. The minimum atomic E-state index is -0.0497. The third-order valence-electron chi connectivity index (χ3n) is 2.23. The first-order chi connectivity index (χ1) is 7.18. The molecule has 0 saturated heterocycles. The molecule has 0 aliphatic heterocycles. The summed E-state index contributed by atoms with van der Waals surface area (Å²) in [6.07, 6.45) is 0. The lowest BCUT2D eigenvalue weighted by Crippen LogP contribution is -2.22. The molecule has 2 nitrogen and oxygen atoms in total. The first kappa shape index (κ1) is 9.93. The Labute approximate surface area is 91.2 Å². The summed E-state index contributed by atoms with van der Waals surface area (Å²) < 4.78 is 1.44. The SMILES string of the molecule is C=c1[nH]c(=O)/c(=C(\C)c2ccccc2)s1. The molecule has 0 atom stereocenters. The van der Waals surface area contributed by atoms with Gasteiger partial charge in [-0.05, 0) is 18.1 Å². The van der Waals surface area contributed by atoms with Gasteiger partial charge in [0.2, 0.25) is 0 Å². The summed E-state index contributed by atoms with van der Waals surface area (Å²) in [5.41, 5.74) is 2.02. The Morgan fingerprint density at radius 3 is 2.53 bits per heavy atom. The van der Waals surface area contributed by atoms with Crippen molar-refractivity contribution in [3.63, 3.8) is 0 Å². The van der Waals surface area contributed by atoms with E-state index in [1.807, 2.05) is 37.3 Å². The van der Waals surface area contributed by atoms with E-state index in [0.717, 1.165) is 15.7 Å². The van der Waals surface area contributed by atoms with Crippen LogP contribution in [0.1, 0.15) is 12.5 Å². The van der Waals surface area contributed by atoms with Crippen LogP contribution in [0.2, 0.25) is 0 Å². The van der Waals surface area contributed by atoms with Crippen LogP contribution in [0.15, 0.2) is 35.1 Å². The van der Waals surface area contributed by atoms with Crippen LogP contribution in [0.25, 0.3) is 12.2 Å². The molecule has 0 saturated carbocycles. The minimum Gasteiger partial charge on any atom is -0.313 e. The van der Waals surface area contributed by atoms with Crippen LogP contribution in [0.4, 0.5) is 0 Å². The normalized spacial score (nSPS) is 12.6. The molecule has 0 spiro atoms. The first-order valence-electron chi connectivity index (χ1n) is 4.63. The molecule has 1 aromatic carbocycles. The molecule has 1 aromatic heterocycles. The second-order valence-electron chi connectivity index (χ2n) is 3.30. The minimum absolute atomic E-state index is 0.0497. The predicted octanol–water partition coefficient (Wildman–Crippen LogP) is 1.07. The molecule has 0 unspecified atom stereocenters. The average Bonchev–Trinajstić information content (AvgIpc) is 2.58. The molecular formula is C12H11NOS. The zero-order valence-corrected chi connectivity index (χ0v) is 9.23. The van der Waals surface area contributed by atoms with E-state index in [1.165, 1.54) is 11.3 Å². The Morgan fingerprint density at radius 2 is 2.00 bits per heavy atom. The van der Waals surface area contributed by atoms with Crippen molar-refractivity contribution in [2.45, 2.75) is 6.92 Å². The number of aromatic amines is 1. The first-order valence-corrected chi connectivity index (χ1v) is 5.44. The molecule has 76 valence electrons. The van der Waals surface area contributed by atoms with Gasteiger partial charge in [-0.3, -0.25) is 4.79 Å². The van der Waals surface area contributed by atoms with Gasteiger partial charge in [-0.2, -0.15) is 0 Å². The van der Waals surface area contributed by atoms with Gasteiger partial charge in [0.1, 0.15) is 0 Å². The van der Waals surface area contributed by atoms with Gasteiger partial charge in [-0.15, -0.1) is 11.3 Å². The summed E-state index contributed by atoms with van der Waals surface area (Å²) in [6.45, 7) is 5.68. The van der Waals surface area contributed by atoms with E-state index in [4.69, 9.17) is 0 Å². The van der Waals surface area contributed by atoms with Crippen LogP contribution in [0.5, 0.6) is 0 Å². The van der Waals surface area contributed by atoms with Crippen LogP contribution in [-0.2, 0) is 0 Å². The lowest BCUT2D eigenvalue weighted by atomic mass is 10.1. The van der Waals surface area contributed by atoms with Crippen LogP contribution in [0, 0.1) is 0 Å². The maximum atomic E-state index is 11.5. The lowest BCUT2D eigenvalue weighted by Gasteiger charge is -1.97. The topological polar surface area (TPSA) is 32.9 Å². The van der Waals surface area contributed by atoms with Gasteiger partial charge in [-0.25, -0.2) is 0 Å². The molecule has 15 heavy (non-hydrogen) atoms. The molecule has 1 N–H and O–H groups in total. The van der Waals surface area contributed by atoms with Crippen molar-refractivity contribution >= 4 is 23.5 Å². The molecule has 2 aromatic rings. The third-order valence-corrected chi connectivity index (χ3v) is 3.28. The van der Waals surface area contributed by atoms with E-state index in [1.54, 1.807) is 0 Å². The Balaban J connectivity index is 2.76. The Bertz CT molecular complexity index is 622. The van der Waals surface area contributed by atoms with Crippen molar-refractivity contribution in [1.82, 2.24) is 4.98 Å². The summed E-state index contributed by atoms with van der Waals surface area (Å²) >= 11 is 1.40. The highest BCUT2D eigenvalue weighted by molar-refractivity contribution is 7.07. The summed E-state index contributed by atoms with van der Waals surface area (Å²) in [5, 5.41) is 0. The highest BCUT2D eigenvalue weighted by atomic mass is 32.1. The van der Waals surface area contributed by atoms with Gasteiger partial charge < -0.3 is 4.98 Å². The summed E-state index contributed by atoms with van der Waals surface area (Å²) in [7, 11) is 0. The zero-order chi connectivity index (χ0) is 10.8. The number of hydrogen-bond donors (Lipinski definition) is 1. The summed E-state index contributed by atoms with van der Waals surface area (Å²) in [4.78, 5) is 14.2. The molecule has 0 amide bonds. The second-order valence-corrected chi connectivity index (χ2v) is 4.40. The van der Waals surface area contributed by atoms with Crippen molar-refractivity contribution < 1.29 is 0 Å². The van der Waals surface area contributed by atoms with E-state index in [9.17, 15) is 4.79 Å². The maximum Gasteiger partial charge on any atom is 0.266 e. The Morgan fingerprint density at radius 1 is 1.33 bits per heavy atom. The van der Waals surface area contributed by atoms with Crippen molar-refractivity contribution in [3.8, 4) is 0 Å². The summed E-state index contributed by atoms with van der Waals surface area (Å²) in [6, 6.07) is 9.88. The molecule has 2 rings (SSSR count). The predicted molar refractivity (Wildman–Crippen MR) is 64.3 cm³/mol. The fraction of sp³-hybridized carbons (Fsp3) is 0.0833. The number of thiazole rings is 1. The third kappa shape index (κ3) is 1.92. The highest BCUT2D eigenvalue weighted by Gasteiger charge is 2.00. The highest BCUT2D eigenvalue weighted by Crippen LogP contribution is 2.08. The van der Waals surface area contributed by atoms with Crippen LogP contribution >= 0.6 is 11.3 Å². The van der Waals surface area contributed by atoms with Crippen molar-refractivity contribution in [3.05, 3.63) is 55.4 Å². The molecule has 0 radical (unpaired) electrons.